The van der Waals surface area contributed by atoms with Crippen molar-refractivity contribution in [1.29, 1.82) is 0 Å². The summed E-state index contributed by atoms with van der Waals surface area (Å²) in [7, 11) is 0. The van der Waals surface area contributed by atoms with Crippen LogP contribution in [0.15, 0.2) is 42.7 Å². The predicted molar refractivity (Wildman–Crippen MR) is 129 cm³/mol. The van der Waals surface area contributed by atoms with Gasteiger partial charge in [0.15, 0.2) is 0 Å². The molecular weight excluding hydrogens is 463 g/mol. The van der Waals surface area contributed by atoms with Crippen molar-refractivity contribution >= 4 is 45.0 Å². The van der Waals surface area contributed by atoms with Crippen molar-refractivity contribution in [3.8, 4) is 21.7 Å². The number of urea groups is 1. The third-order valence-corrected chi connectivity index (χ3v) is 6.96. The zero-order valence-electron chi connectivity index (χ0n) is 17.7. The second kappa shape index (κ2) is 8.92. The van der Waals surface area contributed by atoms with Crippen LogP contribution in [-0.2, 0) is 0 Å². The summed E-state index contributed by atoms with van der Waals surface area (Å²) in [5.41, 5.74) is 3.23. The summed E-state index contributed by atoms with van der Waals surface area (Å²) in [6.45, 7) is 4.48. The van der Waals surface area contributed by atoms with Crippen LogP contribution in [-0.4, -0.2) is 52.1 Å². The van der Waals surface area contributed by atoms with Gasteiger partial charge in [0.25, 0.3) is 0 Å². The first-order valence-electron chi connectivity index (χ1n) is 10.4. The van der Waals surface area contributed by atoms with Crippen molar-refractivity contribution in [3.05, 3.63) is 59.3 Å². The minimum absolute atomic E-state index is 0.0439. The monoisotopic (exact) mass is 482 g/mol. The van der Waals surface area contributed by atoms with Gasteiger partial charge in [0.05, 0.1) is 15.6 Å². The molecule has 0 atom stereocenters. The van der Waals surface area contributed by atoms with Gasteiger partial charge < -0.3 is 15.5 Å². The van der Waals surface area contributed by atoms with E-state index in [0.717, 1.165) is 31.8 Å². The minimum Gasteiger partial charge on any atom is -0.352 e. The molecule has 0 aliphatic carbocycles. The smallest absolute Gasteiger partial charge is 0.317 e. The Hall–Kier alpha value is -3.30. The Morgan fingerprint density at radius 1 is 1.24 bits per heavy atom. The zero-order valence-corrected chi connectivity index (χ0v) is 19.3. The number of fused-ring (bicyclic) bond motifs is 1. The average molecular weight is 483 g/mol. The normalized spacial score (nSPS) is 13.5. The Balaban J connectivity index is 1.45. The quantitative estimate of drug-likeness (QED) is 0.379. The van der Waals surface area contributed by atoms with Crippen molar-refractivity contribution in [1.82, 2.24) is 25.2 Å². The fraction of sp³-hybridized carbons (Fsp3) is 0.217. The van der Waals surface area contributed by atoms with Gasteiger partial charge in [-0.2, -0.15) is 4.39 Å². The molecule has 3 aromatic heterocycles. The number of nitrogens with one attached hydrogen (secondary N) is 2. The number of carbonyl (C=O) groups excluding carboxylic acids is 1. The molecule has 7 nitrogen and oxygen atoms in total. The van der Waals surface area contributed by atoms with E-state index in [1.807, 2.05) is 25.1 Å². The molecule has 0 bridgehead atoms. The lowest BCUT2D eigenvalue weighted by molar-refractivity contribution is 0.219. The highest BCUT2D eigenvalue weighted by molar-refractivity contribution is 7.22. The zero-order chi connectivity index (χ0) is 22.9. The topological polar surface area (TPSA) is 83.0 Å². The van der Waals surface area contributed by atoms with Gasteiger partial charge >= 0.3 is 6.03 Å². The summed E-state index contributed by atoms with van der Waals surface area (Å²) in [5, 5.41) is 7.42. The maximum Gasteiger partial charge on any atom is 0.317 e. The fourth-order valence-electron chi connectivity index (χ4n) is 3.82. The number of benzene rings is 1. The number of carbonyl (C=O) groups is 1. The van der Waals surface area contributed by atoms with E-state index in [9.17, 15) is 9.18 Å². The van der Waals surface area contributed by atoms with Crippen molar-refractivity contribution in [3.63, 3.8) is 0 Å². The van der Waals surface area contributed by atoms with Gasteiger partial charge in [-0.3, -0.25) is 0 Å². The van der Waals surface area contributed by atoms with Crippen LogP contribution in [0.25, 0.3) is 31.8 Å². The first-order chi connectivity index (χ1) is 16.0. The molecule has 1 aromatic carbocycles. The number of rotatable bonds is 6. The van der Waals surface area contributed by atoms with Crippen molar-refractivity contribution in [2.75, 3.05) is 31.5 Å². The summed E-state index contributed by atoms with van der Waals surface area (Å²) >= 11 is 7.90. The van der Waals surface area contributed by atoms with Crippen LogP contribution in [0.3, 0.4) is 0 Å². The third-order valence-electron chi connectivity index (χ3n) is 5.47. The number of thiophene rings is 1. The molecule has 10 heteroatoms. The number of amides is 2. The molecule has 4 heterocycles. The Morgan fingerprint density at radius 2 is 2.12 bits per heavy atom. The lowest BCUT2D eigenvalue weighted by Crippen LogP contribution is -2.32. The maximum absolute atomic E-state index is 13.8. The Morgan fingerprint density at radius 3 is 2.94 bits per heavy atom. The number of hydrogen-bond donors (Lipinski definition) is 2. The molecule has 0 saturated carbocycles. The molecule has 33 heavy (non-hydrogen) atoms. The number of pyridine rings is 1. The predicted octanol–water partition coefficient (Wildman–Crippen LogP) is 4.96. The number of nitrogens with zero attached hydrogens (tertiary/aromatic N) is 4. The van der Waals surface area contributed by atoms with E-state index in [0.29, 0.717) is 42.7 Å². The average Bonchev–Trinajstić information content (AvgIpc) is 3.42. The van der Waals surface area contributed by atoms with Crippen LogP contribution >= 0.6 is 22.9 Å². The van der Waals surface area contributed by atoms with Gasteiger partial charge in [0, 0.05) is 60.5 Å². The van der Waals surface area contributed by atoms with Gasteiger partial charge in [-0.1, -0.05) is 29.8 Å². The Bertz CT molecular complexity index is 1360. The summed E-state index contributed by atoms with van der Waals surface area (Å²) < 4.78 is 14.8. The number of anilines is 1. The van der Waals surface area contributed by atoms with Gasteiger partial charge in [0.1, 0.15) is 0 Å². The van der Waals surface area contributed by atoms with Crippen LogP contribution in [0.1, 0.15) is 5.56 Å². The molecule has 1 aliphatic heterocycles. The SMILES string of the molecule is Cc1cnc(NCCN2CCNC2=O)nc1-c1cc2cccc(-c3cc(F)ncc3Cl)c2s1. The van der Waals surface area contributed by atoms with Crippen LogP contribution in [0.2, 0.25) is 5.02 Å². The summed E-state index contributed by atoms with van der Waals surface area (Å²) in [6, 6.07) is 9.26. The molecule has 0 radical (unpaired) electrons. The van der Waals surface area contributed by atoms with E-state index in [1.165, 1.54) is 12.3 Å². The lowest BCUT2D eigenvalue weighted by atomic mass is 10.1. The number of aryl methyl sites for hydroxylation is 1. The van der Waals surface area contributed by atoms with Gasteiger partial charge in [-0.25, -0.2) is 19.7 Å². The van der Waals surface area contributed by atoms with Crippen LogP contribution < -0.4 is 10.6 Å². The number of aromatic nitrogens is 3. The van der Waals surface area contributed by atoms with E-state index in [2.05, 4.69) is 26.7 Å². The van der Waals surface area contributed by atoms with Crippen molar-refractivity contribution in [2.45, 2.75) is 6.92 Å². The number of halogens is 2. The number of hydrogen-bond acceptors (Lipinski definition) is 6. The van der Waals surface area contributed by atoms with E-state index >= 15 is 0 Å². The van der Waals surface area contributed by atoms with Gasteiger partial charge in [-0.15, -0.1) is 11.3 Å². The molecule has 1 fully saturated rings. The first kappa shape index (κ1) is 21.5. The van der Waals surface area contributed by atoms with Crippen molar-refractivity contribution < 1.29 is 9.18 Å². The summed E-state index contributed by atoms with van der Waals surface area (Å²) in [4.78, 5) is 27.2. The van der Waals surface area contributed by atoms with E-state index in [1.54, 1.807) is 22.4 Å². The largest absolute Gasteiger partial charge is 0.352 e. The third kappa shape index (κ3) is 4.34. The molecular formula is C23H20ClFN6OS. The van der Waals surface area contributed by atoms with Crippen molar-refractivity contribution in [2.24, 2.45) is 0 Å². The van der Waals surface area contributed by atoms with E-state index in [4.69, 9.17) is 16.6 Å². The molecule has 4 aromatic rings. The van der Waals surface area contributed by atoms with Crippen LogP contribution in [0, 0.1) is 12.9 Å². The molecule has 0 unspecified atom stereocenters. The van der Waals surface area contributed by atoms with Gasteiger partial charge in [-0.05, 0) is 23.9 Å². The first-order valence-corrected chi connectivity index (χ1v) is 11.6. The minimum atomic E-state index is -0.572. The molecule has 0 spiro atoms. The van der Waals surface area contributed by atoms with Crippen LogP contribution in [0.5, 0.6) is 0 Å². The second-order valence-electron chi connectivity index (χ2n) is 7.69. The molecule has 2 N–H and O–H groups in total. The lowest BCUT2D eigenvalue weighted by Gasteiger charge is -2.14. The van der Waals surface area contributed by atoms with Crippen LogP contribution in [0.4, 0.5) is 15.1 Å². The fourth-order valence-corrected chi connectivity index (χ4v) is 5.26. The highest BCUT2D eigenvalue weighted by atomic mass is 35.5. The standard InChI is InChI=1S/C23H20ClFN6OS/c1-13-11-29-22(26-5-7-31-8-6-27-23(31)32)30-20(13)18-9-14-3-2-4-15(21(14)33-18)16-10-19(25)28-12-17(16)24/h2-4,9-12H,5-8H2,1H3,(H,27,32)(H,26,29,30). The molecule has 5 rings (SSSR count). The molecule has 1 aliphatic rings. The summed E-state index contributed by atoms with van der Waals surface area (Å²) in [5.74, 6) is -0.0657. The Labute approximate surface area is 198 Å². The van der Waals surface area contributed by atoms with E-state index < -0.39 is 5.95 Å². The van der Waals surface area contributed by atoms with Gasteiger partial charge in [0.2, 0.25) is 11.9 Å². The molecule has 2 amide bonds. The highest BCUT2D eigenvalue weighted by Crippen LogP contribution is 2.41. The maximum atomic E-state index is 13.8. The Kier molecular flexibility index (Phi) is 5.82. The van der Waals surface area contributed by atoms with E-state index in [-0.39, 0.29) is 6.03 Å². The highest BCUT2D eigenvalue weighted by Gasteiger charge is 2.19. The summed E-state index contributed by atoms with van der Waals surface area (Å²) in [6.07, 6.45) is 3.12. The molecule has 168 valence electrons. The second-order valence-corrected chi connectivity index (χ2v) is 9.15. The molecule has 1 saturated heterocycles.